The van der Waals surface area contributed by atoms with Crippen LogP contribution in [0.15, 0.2) is 0 Å². The molecule has 0 bridgehead atoms. The standard InChI is InChI=1S/C7H10O8/c1-2-14-7(13)15-4(6(11)12)3(8)5(9)10/h3-4,8H,2H2,1H3,(H,9,10)(H,11,12). The first-order valence-electron chi connectivity index (χ1n) is 3.87. The van der Waals surface area contributed by atoms with E-state index in [4.69, 9.17) is 15.3 Å². The lowest BCUT2D eigenvalue weighted by atomic mass is 10.2. The lowest BCUT2D eigenvalue weighted by Gasteiger charge is -2.15. The SMILES string of the molecule is CCOC(=O)OC(C(=O)O)C(O)C(=O)O. The van der Waals surface area contributed by atoms with Crippen molar-refractivity contribution in [1.29, 1.82) is 0 Å². The summed E-state index contributed by atoms with van der Waals surface area (Å²) in [5.41, 5.74) is 0. The molecule has 0 fully saturated rings. The van der Waals surface area contributed by atoms with Crippen molar-refractivity contribution in [1.82, 2.24) is 0 Å². The molecule has 8 heteroatoms. The van der Waals surface area contributed by atoms with E-state index in [1.165, 1.54) is 6.92 Å². The fourth-order valence-corrected chi connectivity index (χ4v) is 0.635. The van der Waals surface area contributed by atoms with E-state index < -0.39 is 30.3 Å². The minimum Gasteiger partial charge on any atom is -0.479 e. The van der Waals surface area contributed by atoms with Crippen LogP contribution in [0.5, 0.6) is 0 Å². The zero-order chi connectivity index (χ0) is 12.0. The first-order chi connectivity index (χ1) is 6.90. The normalized spacial score (nSPS) is 13.7. The Bertz CT molecular complexity index is 260. The minimum atomic E-state index is -2.34. The molecule has 15 heavy (non-hydrogen) atoms. The van der Waals surface area contributed by atoms with Crippen LogP contribution in [0.2, 0.25) is 0 Å². The van der Waals surface area contributed by atoms with Crippen molar-refractivity contribution in [3.63, 3.8) is 0 Å². The van der Waals surface area contributed by atoms with Gasteiger partial charge in [-0.25, -0.2) is 14.4 Å². The quantitative estimate of drug-likeness (QED) is 0.508. The molecule has 0 aromatic carbocycles. The summed E-state index contributed by atoms with van der Waals surface area (Å²) >= 11 is 0. The number of carboxylic acid groups (broad SMARTS) is 2. The Morgan fingerprint density at radius 3 is 2.07 bits per heavy atom. The molecule has 0 spiro atoms. The molecule has 8 nitrogen and oxygen atoms in total. The molecule has 0 amide bonds. The van der Waals surface area contributed by atoms with Crippen molar-refractivity contribution in [3.05, 3.63) is 0 Å². The number of carboxylic acids is 2. The number of aliphatic hydroxyl groups is 1. The van der Waals surface area contributed by atoms with Gasteiger partial charge in [0, 0.05) is 0 Å². The average molecular weight is 222 g/mol. The predicted octanol–water partition coefficient (Wildman–Crippen LogP) is -0.942. The summed E-state index contributed by atoms with van der Waals surface area (Å²) in [7, 11) is 0. The summed E-state index contributed by atoms with van der Waals surface area (Å²) in [5, 5.41) is 25.6. The molecule has 86 valence electrons. The molecule has 0 heterocycles. The van der Waals surface area contributed by atoms with Gasteiger partial charge >= 0.3 is 18.1 Å². The van der Waals surface area contributed by atoms with Gasteiger partial charge in [-0.05, 0) is 6.92 Å². The summed E-state index contributed by atoms with van der Waals surface area (Å²) in [6.45, 7) is 1.39. The maximum Gasteiger partial charge on any atom is 0.509 e. The van der Waals surface area contributed by atoms with Gasteiger partial charge in [0.15, 0.2) is 6.10 Å². The Kier molecular flexibility index (Phi) is 5.10. The third kappa shape index (κ3) is 4.27. The van der Waals surface area contributed by atoms with Crippen molar-refractivity contribution in [2.45, 2.75) is 19.1 Å². The molecule has 0 saturated heterocycles. The van der Waals surface area contributed by atoms with Crippen LogP contribution in [0.4, 0.5) is 4.79 Å². The Morgan fingerprint density at radius 1 is 1.20 bits per heavy atom. The van der Waals surface area contributed by atoms with Gasteiger partial charge in [0.2, 0.25) is 6.10 Å². The monoisotopic (exact) mass is 222 g/mol. The van der Waals surface area contributed by atoms with Gasteiger partial charge in [0.25, 0.3) is 0 Å². The predicted molar refractivity (Wildman–Crippen MR) is 43.2 cm³/mol. The van der Waals surface area contributed by atoms with E-state index >= 15 is 0 Å². The van der Waals surface area contributed by atoms with Crippen molar-refractivity contribution < 1.29 is 39.2 Å². The van der Waals surface area contributed by atoms with Gasteiger partial charge in [-0.2, -0.15) is 0 Å². The molecule has 0 aliphatic rings. The molecule has 0 aliphatic heterocycles. The smallest absolute Gasteiger partial charge is 0.479 e. The molecule has 0 aliphatic carbocycles. The first kappa shape index (κ1) is 13.2. The summed E-state index contributed by atoms with van der Waals surface area (Å²) in [6, 6.07) is 0. The number of aliphatic hydroxyl groups excluding tert-OH is 1. The molecular weight excluding hydrogens is 212 g/mol. The fraction of sp³-hybridized carbons (Fsp3) is 0.571. The summed E-state index contributed by atoms with van der Waals surface area (Å²) < 4.78 is 8.31. The highest BCUT2D eigenvalue weighted by Gasteiger charge is 2.36. The second-order valence-corrected chi connectivity index (χ2v) is 2.34. The summed E-state index contributed by atoms with van der Waals surface area (Å²) in [6.07, 6.45) is -5.89. The molecule has 0 aromatic heterocycles. The molecule has 2 atom stereocenters. The van der Waals surface area contributed by atoms with E-state index in [0.717, 1.165) is 0 Å². The number of aliphatic carboxylic acids is 2. The molecule has 3 N–H and O–H groups in total. The topological polar surface area (TPSA) is 130 Å². The molecule has 0 aromatic rings. The maximum absolute atomic E-state index is 10.7. The highest BCUT2D eigenvalue weighted by Crippen LogP contribution is 2.03. The van der Waals surface area contributed by atoms with Crippen LogP contribution < -0.4 is 0 Å². The highest BCUT2D eigenvalue weighted by molar-refractivity contribution is 5.84. The number of carbonyl (C=O) groups excluding carboxylic acids is 1. The molecule has 0 rings (SSSR count). The second-order valence-electron chi connectivity index (χ2n) is 2.34. The Balaban J connectivity index is 4.48. The van der Waals surface area contributed by atoms with E-state index in [-0.39, 0.29) is 6.61 Å². The zero-order valence-electron chi connectivity index (χ0n) is 7.74. The van der Waals surface area contributed by atoms with Crippen LogP contribution in [0.1, 0.15) is 6.92 Å². The van der Waals surface area contributed by atoms with Gasteiger partial charge in [0.1, 0.15) is 0 Å². The van der Waals surface area contributed by atoms with E-state index in [1.54, 1.807) is 0 Å². The first-order valence-corrected chi connectivity index (χ1v) is 3.87. The van der Waals surface area contributed by atoms with Crippen molar-refractivity contribution in [3.8, 4) is 0 Å². The largest absolute Gasteiger partial charge is 0.509 e. The average Bonchev–Trinajstić information content (AvgIpc) is 2.13. The van der Waals surface area contributed by atoms with E-state index in [2.05, 4.69) is 9.47 Å². The van der Waals surface area contributed by atoms with Crippen molar-refractivity contribution >= 4 is 18.1 Å². The fourth-order valence-electron chi connectivity index (χ4n) is 0.635. The molecule has 0 radical (unpaired) electrons. The van der Waals surface area contributed by atoms with Crippen molar-refractivity contribution in [2.75, 3.05) is 6.61 Å². The number of carbonyl (C=O) groups is 3. The van der Waals surface area contributed by atoms with E-state index in [0.29, 0.717) is 0 Å². The number of ether oxygens (including phenoxy) is 2. The van der Waals surface area contributed by atoms with Gasteiger partial charge in [0.05, 0.1) is 6.61 Å². The van der Waals surface area contributed by atoms with Crippen molar-refractivity contribution in [2.24, 2.45) is 0 Å². The van der Waals surface area contributed by atoms with Gasteiger partial charge in [-0.15, -0.1) is 0 Å². The summed E-state index contributed by atoms with van der Waals surface area (Å²) in [5.74, 6) is -3.59. The van der Waals surface area contributed by atoms with Gasteiger partial charge in [-0.1, -0.05) is 0 Å². The Labute approximate surface area is 84.0 Å². The molecule has 0 saturated carbocycles. The van der Waals surface area contributed by atoms with Crippen LogP contribution in [0.3, 0.4) is 0 Å². The van der Waals surface area contributed by atoms with Gasteiger partial charge in [-0.3, -0.25) is 0 Å². The highest BCUT2D eigenvalue weighted by atomic mass is 16.7. The minimum absolute atomic E-state index is 0.0612. The van der Waals surface area contributed by atoms with Crippen LogP contribution >= 0.6 is 0 Å². The lowest BCUT2D eigenvalue weighted by Crippen LogP contribution is -2.43. The zero-order valence-corrected chi connectivity index (χ0v) is 7.74. The van der Waals surface area contributed by atoms with Gasteiger partial charge < -0.3 is 24.8 Å². The number of rotatable bonds is 5. The molecule has 2 unspecified atom stereocenters. The Hall–Kier alpha value is -1.83. The second kappa shape index (κ2) is 5.81. The van der Waals surface area contributed by atoms with E-state index in [9.17, 15) is 14.4 Å². The Morgan fingerprint density at radius 2 is 1.73 bits per heavy atom. The lowest BCUT2D eigenvalue weighted by molar-refractivity contribution is -0.167. The van der Waals surface area contributed by atoms with Crippen LogP contribution in [-0.4, -0.2) is 52.2 Å². The maximum atomic E-state index is 10.7. The third-order valence-electron chi connectivity index (χ3n) is 1.27. The number of hydrogen-bond acceptors (Lipinski definition) is 6. The molecular formula is C7H10O8. The number of hydrogen-bond donors (Lipinski definition) is 3. The van der Waals surface area contributed by atoms with Crippen LogP contribution in [0, 0.1) is 0 Å². The van der Waals surface area contributed by atoms with E-state index in [1.807, 2.05) is 0 Å². The van der Waals surface area contributed by atoms with Crippen LogP contribution in [-0.2, 0) is 19.1 Å². The van der Waals surface area contributed by atoms with Crippen LogP contribution in [0.25, 0.3) is 0 Å². The summed E-state index contributed by atoms with van der Waals surface area (Å²) in [4.78, 5) is 31.3. The third-order valence-corrected chi connectivity index (χ3v) is 1.27.